The van der Waals surface area contributed by atoms with Crippen LogP contribution in [0.4, 0.5) is 11.4 Å². The first-order valence-corrected chi connectivity index (χ1v) is 11.5. The minimum absolute atomic E-state index is 0.0282. The molecule has 0 aromatic heterocycles. The lowest BCUT2D eigenvalue weighted by Crippen LogP contribution is -2.53. The van der Waals surface area contributed by atoms with Gasteiger partial charge < -0.3 is 15.4 Å². The van der Waals surface area contributed by atoms with Crippen LogP contribution in [0.3, 0.4) is 0 Å². The highest BCUT2D eigenvalue weighted by Crippen LogP contribution is 2.65. The number of esters is 1. The van der Waals surface area contributed by atoms with Crippen molar-refractivity contribution in [2.45, 2.75) is 69.2 Å². The number of rotatable bonds is 6. The normalized spacial score (nSPS) is 32.4. The average molecular weight is 477 g/mol. The van der Waals surface area contributed by atoms with Crippen molar-refractivity contribution in [2.75, 3.05) is 10.6 Å². The number of nitrogens with one attached hydrogen (secondary N) is 2. The fourth-order valence-corrected chi connectivity index (χ4v) is 7.74. The van der Waals surface area contributed by atoms with Crippen molar-refractivity contribution in [2.24, 2.45) is 17.3 Å². The SMILES string of the molecule is CC(=O)Nc1ccc(NC(=O)[C@H](C)OC(=O)CC23C[C@@H]4C[C@@H](CC(Br)(C4)C2)C3)cc1. The van der Waals surface area contributed by atoms with Crippen molar-refractivity contribution < 1.29 is 19.1 Å². The molecule has 7 heteroatoms. The Kier molecular flexibility index (Phi) is 5.68. The van der Waals surface area contributed by atoms with Crippen molar-refractivity contribution >= 4 is 45.1 Å². The largest absolute Gasteiger partial charge is 0.453 e. The molecule has 2 unspecified atom stereocenters. The van der Waals surface area contributed by atoms with Gasteiger partial charge in [-0.1, -0.05) is 15.9 Å². The smallest absolute Gasteiger partial charge is 0.307 e. The molecule has 1 aromatic rings. The summed E-state index contributed by atoms with van der Waals surface area (Å²) in [6.45, 7) is 3.04. The molecule has 2 N–H and O–H groups in total. The molecule has 0 saturated heterocycles. The molecular weight excluding hydrogens is 448 g/mol. The predicted molar refractivity (Wildman–Crippen MR) is 118 cm³/mol. The second kappa shape index (κ2) is 7.98. The number of alkyl halides is 1. The first-order chi connectivity index (χ1) is 14.1. The zero-order valence-corrected chi connectivity index (χ0v) is 19.1. The summed E-state index contributed by atoms with van der Waals surface area (Å²) in [5.74, 6) is 0.617. The number of anilines is 2. The molecule has 30 heavy (non-hydrogen) atoms. The number of carbonyl (C=O) groups excluding carboxylic acids is 3. The second-order valence-corrected chi connectivity index (χ2v) is 11.4. The van der Waals surface area contributed by atoms with E-state index in [0.29, 0.717) is 29.6 Å². The zero-order valence-electron chi connectivity index (χ0n) is 17.5. The molecule has 0 heterocycles. The lowest BCUT2D eigenvalue weighted by atomic mass is 9.49. The number of ether oxygens (including phenoxy) is 1. The highest BCUT2D eigenvalue weighted by molar-refractivity contribution is 9.10. The van der Waals surface area contributed by atoms with Gasteiger partial charge in [0.25, 0.3) is 5.91 Å². The van der Waals surface area contributed by atoms with E-state index in [1.54, 1.807) is 31.2 Å². The monoisotopic (exact) mass is 476 g/mol. The van der Waals surface area contributed by atoms with Crippen LogP contribution in [0.25, 0.3) is 0 Å². The summed E-state index contributed by atoms with van der Waals surface area (Å²) in [4.78, 5) is 36.2. The number of carbonyl (C=O) groups is 3. The van der Waals surface area contributed by atoms with E-state index in [-0.39, 0.29) is 27.5 Å². The van der Waals surface area contributed by atoms with Gasteiger partial charge >= 0.3 is 5.97 Å². The molecule has 4 fully saturated rings. The van der Waals surface area contributed by atoms with Crippen LogP contribution in [0.1, 0.15) is 58.8 Å². The zero-order chi connectivity index (χ0) is 21.5. The molecule has 4 bridgehead atoms. The molecule has 2 amide bonds. The van der Waals surface area contributed by atoms with Crippen LogP contribution in [0.5, 0.6) is 0 Å². The quantitative estimate of drug-likeness (QED) is 0.462. The number of halogens is 1. The number of hydrogen-bond acceptors (Lipinski definition) is 4. The lowest BCUT2D eigenvalue weighted by Gasteiger charge is -2.60. The highest BCUT2D eigenvalue weighted by atomic mass is 79.9. The molecule has 4 aliphatic carbocycles. The van der Waals surface area contributed by atoms with Gasteiger partial charge in [-0.05, 0) is 87.0 Å². The molecule has 4 aliphatic rings. The Balaban J connectivity index is 1.30. The van der Waals surface area contributed by atoms with Crippen LogP contribution in [0.15, 0.2) is 24.3 Å². The van der Waals surface area contributed by atoms with Gasteiger partial charge in [0, 0.05) is 22.6 Å². The lowest BCUT2D eigenvalue weighted by molar-refractivity contribution is -0.159. The maximum Gasteiger partial charge on any atom is 0.307 e. The maximum atomic E-state index is 12.7. The van der Waals surface area contributed by atoms with Crippen LogP contribution >= 0.6 is 15.9 Å². The molecule has 162 valence electrons. The van der Waals surface area contributed by atoms with E-state index in [1.165, 1.54) is 26.2 Å². The van der Waals surface area contributed by atoms with Gasteiger partial charge in [0.1, 0.15) is 0 Å². The minimum Gasteiger partial charge on any atom is -0.453 e. The molecule has 5 rings (SSSR count). The Morgan fingerprint density at radius 3 is 2.17 bits per heavy atom. The molecular formula is C23H29BrN2O4. The standard InChI is InChI=1S/C23H29BrN2O4/c1-14(21(29)26-19-5-3-18(4-6-19)25-15(2)27)30-20(28)12-22-8-16-7-17(9-22)11-23(24,10-16)13-22/h3-6,14,16-17H,7-13H2,1-2H3,(H,25,27)(H,26,29)/t14-,16-,17+,22?,23?/m0/s1. The number of benzene rings is 1. The molecule has 0 aliphatic heterocycles. The van der Waals surface area contributed by atoms with Gasteiger partial charge in [0.2, 0.25) is 5.91 Å². The summed E-state index contributed by atoms with van der Waals surface area (Å²) in [6.07, 6.45) is 6.52. The van der Waals surface area contributed by atoms with Crippen molar-refractivity contribution in [1.82, 2.24) is 0 Å². The van der Waals surface area contributed by atoms with Crippen molar-refractivity contribution in [3.63, 3.8) is 0 Å². The summed E-state index contributed by atoms with van der Waals surface area (Å²) in [6, 6.07) is 6.80. The van der Waals surface area contributed by atoms with E-state index in [1.807, 2.05) is 0 Å². The number of hydrogen-bond donors (Lipinski definition) is 2. The third kappa shape index (κ3) is 4.71. The van der Waals surface area contributed by atoms with Crippen molar-refractivity contribution in [3.05, 3.63) is 24.3 Å². The molecule has 6 nitrogen and oxygen atoms in total. The molecule has 0 spiro atoms. The number of amides is 2. The Morgan fingerprint density at radius 2 is 1.63 bits per heavy atom. The van der Waals surface area contributed by atoms with E-state index >= 15 is 0 Å². The summed E-state index contributed by atoms with van der Waals surface area (Å²) in [7, 11) is 0. The van der Waals surface area contributed by atoms with E-state index in [4.69, 9.17) is 4.74 Å². The van der Waals surface area contributed by atoms with Crippen molar-refractivity contribution in [3.8, 4) is 0 Å². The Labute approximate surface area is 185 Å². The first kappa shape index (κ1) is 21.3. The molecule has 4 saturated carbocycles. The van der Waals surface area contributed by atoms with Gasteiger partial charge in [0.05, 0.1) is 6.42 Å². The van der Waals surface area contributed by atoms with E-state index < -0.39 is 6.10 Å². The van der Waals surface area contributed by atoms with Gasteiger partial charge in [-0.25, -0.2) is 0 Å². The van der Waals surface area contributed by atoms with Crippen LogP contribution in [-0.2, 0) is 19.1 Å². The summed E-state index contributed by atoms with van der Waals surface area (Å²) in [5.41, 5.74) is 1.26. The van der Waals surface area contributed by atoms with Gasteiger partial charge in [0.15, 0.2) is 6.10 Å². The fraction of sp³-hybridized carbons (Fsp3) is 0.609. The summed E-state index contributed by atoms with van der Waals surface area (Å²) in [5, 5.41) is 5.43. The van der Waals surface area contributed by atoms with Crippen LogP contribution in [0, 0.1) is 17.3 Å². The Bertz CT molecular complexity index is 839. The Hall–Kier alpha value is -1.89. The third-order valence-electron chi connectivity index (χ3n) is 6.78. The predicted octanol–water partition coefficient (Wildman–Crippen LogP) is 4.64. The molecule has 1 aromatic carbocycles. The van der Waals surface area contributed by atoms with Crippen LogP contribution in [0.2, 0.25) is 0 Å². The topological polar surface area (TPSA) is 84.5 Å². The van der Waals surface area contributed by atoms with E-state index in [2.05, 4.69) is 26.6 Å². The fourth-order valence-electron chi connectivity index (χ4n) is 6.23. The third-order valence-corrected chi connectivity index (χ3v) is 7.71. The first-order valence-electron chi connectivity index (χ1n) is 10.7. The summed E-state index contributed by atoms with van der Waals surface area (Å²) < 4.78 is 5.71. The average Bonchev–Trinajstić information content (AvgIpc) is 2.60. The van der Waals surface area contributed by atoms with Gasteiger partial charge in [-0.2, -0.15) is 0 Å². The van der Waals surface area contributed by atoms with Gasteiger partial charge in [-0.15, -0.1) is 0 Å². The second-order valence-electron chi connectivity index (χ2n) is 9.67. The van der Waals surface area contributed by atoms with E-state index in [0.717, 1.165) is 19.3 Å². The van der Waals surface area contributed by atoms with Crippen molar-refractivity contribution in [1.29, 1.82) is 0 Å². The van der Waals surface area contributed by atoms with Crippen LogP contribution in [-0.4, -0.2) is 28.2 Å². The van der Waals surface area contributed by atoms with E-state index in [9.17, 15) is 14.4 Å². The minimum atomic E-state index is -0.862. The van der Waals surface area contributed by atoms with Gasteiger partial charge in [-0.3, -0.25) is 14.4 Å². The Morgan fingerprint density at radius 1 is 1.07 bits per heavy atom. The summed E-state index contributed by atoms with van der Waals surface area (Å²) >= 11 is 3.97. The highest BCUT2D eigenvalue weighted by Gasteiger charge is 2.57. The van der Waals surface area contributed by atoms with Crippen LogP contribution < -0.4 is 10.6 Å². The molecule has 5 atom stereocenters. The molecule has 0 radical (unpaired) electrons. The maximum absolute atomic E-state index is 12.7.